The molecule has 152 valence electrons. The molecule has 0 amide bonds. The van der Waals surface area contributed by atoms with Crippen molar-refractivity contribution < 1.29 is 9.90 Å². The van der Waals surface area contributed by atoms with E-state index in [9.17, 15) is 9.90 Å². The zero-order chi connectivity index (χ0) is 21.2. The van der Waals surface area contributed by atoms with Crippen LogP contribution in [0.4, 0.5) is 11.4 Å². The number of carbonyl (C=O) groups is 1. The first kappa shape index (κ1) is 24.1. The molecule has 1 saturated heterocycles. The number of rotatable bonds is 3. The Balaban J connectivity index is 1.94. The van der Waals surface area contributed by atoms with Crippen LogP contribution in [0.15, 0.2) is 47.5 Å². The third kappa shape index (κ3) is 4.51. The summed E-state index contributed by atoms with van der Waals surface area (Å²) in [6.45, 7) is 0.558. The number of nitrogens with zero attached hydrogens (tertiary/aromatic N) is 2. The molecule has 10 heteroatoms. The van der Waals surface area contributed by atoms with Gasteiger partial charge in [-0.05, 0) is 171 Å². The zero-order valence-corrected chi connectivity index (χ0v) is 27.4. The number of amidine groups is 1. The Morgan fingerprint density at radius 1 is 0.966 bits per heavy atom. The Hall–Kier alpha value is 1.92. The van der Waals surface area contributed by atoms with Crippen LogP contribution in [-0.4, -0.2) is 28.9 Å². The highest BCUT2D eigenvalue weighted by molar-refractivity contribution is 14.3. The molecule has 0 unspecified atom stereocenters. The second-order valence-corrected chi connectivity index (χ2v) is 28.9. The monoisotopic (exact) mass is 1060 g/mol. The van der Waals surface area contributed by atoms with Crippen LogP contribution in [0.5, 0.6) is 0 Å². The molecule has 0 spiro atoms. The van der Waals surface area contributed by atoms with Crippen molar-refractivity contribution in [3.63, 3.8) is 0 Å². The maximum atomic E-state index is 13.5. The van der Waals surface area contributed by atoms with Crippen molar-refractivity contribution in [2.75, 3.05) is 11.4 Å². The fourth-order valence-electron chi connectivity index (χ4n) is 3.61. The van der Waals surface area contributed by atoms with E-state index in [-0.39, 0.29) is 4.65 Å². The number of alkyl halides is 6. The van der Waals surface area contributed by atoms with E-state index in [1.54, 1.807) is 0 Å². The van der Waals surface area contributed by atoms with E-state index in [1.165, 1.54) is 0 Å². The number of hydrogen-bond donors (Lipinski definition) is 1. The quantitative estimate of drug-likeness (QED) is 0.258. The maximum Gasteiger partial charge on any atom is 0.204 e. The van der Waals surface area contributed by atoms with Gasteiger partial charge in [0.05, 0.1) is 5.69 Å². The SMILES string of the molecule is O=C1c2cc(C(I)(I)I)c(C(I)(I)I)cc2N=C2N(c3ccccc3)CC[C@@]12O. The molecule has 29 heavy (non-hydrogen) atoms. The van der Waals surface area contributed by atoms with Gasteiger partial charge >= 0.3 is 0 Å². The van der Waals surface area contributed by atoms with Gasteiger partial charge in [-0.1, -0.05) is 18.2 Å². The fraction of sp³-hybridized carbons (Fsp3) is 0.263. The molecule has 2 aromatic rings. The van der Waals surface area contributed by atoms with Gasteiger partial charge in [0.25, 0.3) is 0 Å². The number of para-hydroxylation sites is 1. The second-order valence-electron chi connectivity index (χ2n) is 6.77. The number of aliphatic hydroxyl groups is 1. The highest BCUT2D eigenvalue weighted by atomic mass is 127. The standard InChI is InChI=1S/C19H12I6N2O2/c20-18(21,22)12-8-11-14(9-13(12)19(23,24)25)26-16-17(29,15(11)28)6-7-27(16)10-4-2-1-3-5-10/h1-5,8-9,29H,6-7H2/t17-/m1/s1. The fourth-order valence-corrected chi connectivity index (χ4v) is 6.29. The van der Waals surface area contributed by atoms with Crippen molar-refractivity contribution in [2.45, 2.75) is 10.9 Å². The molecule has 1 fully saturated rings. The summed E-state index contributed by atoms with van der Waals surface area (Å²) >= 11 is 14.4. The van der Waals surface area contributed by atoms with Gasteiger partial charge < -0.3 is 10.0 Å². The van der Waals surface area contributed by atoms with E-state index in [4.69, 9.17) is 4.99 Å². The first-order valence-corrected chi connectivity index (χ1v) is 14.9. The summed E-state index contributed by atoms with van der Waals surface area (Å²) in [5.74, 6) is 0.184. The van der Waals surface area contributed by atoms with Gasteiger partial charge in [-0.25, -0.2) is 4.99 Å². The van der Waals surface area contributed by atoms with Crippen LogP contribution in [0.1, 0.15) is 27.9 Å². The number of fused-ring (bicyclic) bond motifs is 2. The molecular weight excluding hydrogens is 1050 g/mol. The van der Waals surface area contributed by atoms with Crippen LogP contribution in [0.25, 0.3) is 0 Å². The van der Waals surface area contributed by atoms with E-state index in [0.717, 1.165) is 16.8 Å². The molecule has 0 aliphatic carbocycles. The number of halogens is 6. The first-order chi connectivity index (χ1) is 13.4. The predicted octanol–water partition coefficient (Wildman–Crippen LogP) is 7.38. The highest BCUT2D eigenvalue weighted by Crippen LogP contribution is 2.56. The number of ketones is 1. The lowest BCUT2D eigenvalue weighted by Crippen LogP contribution is -2.48. The molecule has 0 aromatic heterocycles. The number of hydrogen-bond acceptors (Lipinski definition) is 4. The largest absolute Gasteiger partial charge is 0.374 e. The Bertz CT molecular complexity index is 1030. The summed E-state index contributed by atoms with van der Waals surface area (Å²) in [5, 5.41) is 11.3. The van der Waals surface area contributed by atoms with Gasteiger partial charge in [-0.15, -0.1) is 0 Å². The van der Waals surface area contributed by atoms with Gasteiger partial charge in [0.15, 0.2) is 5.60 Å². The Morgan fingerprint density at radius 2 is 1.55 bits per heavy atom. The van der Waals surface area contributed by atoms with E-state index >= 15 is 0 Å². The molecule has 4 rings (SSSR count). The van der Waals surface area contributed by atoms with Crippen LogP contribution in [-0.2, 0) is -1.13 Å². The minimum absolute atomic E-state index is 0.184. The smallest absolute Gasteiger partial charge is 0.204 e. The second kappa shape index (κ2) is 8.61. The van der Waals surface area contributed by atoms with Crippen molar-refractivity contribution in [3.8, 4) is 0 Å². The molecule has 2 aromatic carbocycles. The van der Waals surface area contributed by atoms with E-state index in [2.05, 4.69) is 136 Å². The van der Waals surface area contributed by atoms with Gasteiger partial charge in [0.1, 0.15) is 4.71 Å². The lowest BCUT2D eigenvalue weighted by Gasteiger charge is -2.32. The number of anilines is 1. The van der Waals surface area contributed by atoms with Crippen molar-refractivity contribution in [1.29, 1.82) is 0 Å². The average Bonchev–Trinajstić information content (AvgIpc) is 2.98. The molecule has 1 N–H and O–H groups in total. The number of benzene rings is 2. The number of aliphatic imine (C=N–C) groups is 1. The Kier molecular flexibility index (Phi) is 7.14. The predicted molar refractivity (Wildman–Crippen MR) is 169 cm³/mol. The molecule has 0 bridgehead atoms. The van der Waals surface area contributed by atoms with Crippen LogP contribution in [0.3, 0.4) is 0 Å². The molecule has 2 heterocycles. The maximum absolute atomic E-state index is 13.5. The topological polar surface area (TPSA) is 52.9 Å². The molecule has 0 saturated carbocycles. The third-order valence-corrected chi connectivity index (χ3v) is 8.47. The van der Waals surface area contributed by atoms with Crippen LogP contribution in [0.2, 0.25) is 0 Å². The normalized spacial score (nSPS) is 21.7. The van der Waals surface area contributed by atoms with Crippen LogP contribution < -0.4 is 4.90 Å². The molecule has 0 radical (unpaired) electrons. The van der Waals surface area contributed by atoms with E-state index < -0.39 is 5.60 Å². The summed E-state index contributed by atoms with van der Waals surface area (Å²) in [5.41, 5.74) is 2.72. The minimum Gasteiger partial charge on any atom is -0.374 e. The third-order valence-electron chi connectivity index (χ3n) is 4.98. The number of Topliss-reactive ketones (excluding diaryl/α,β-unsaturated/α-hetero) is 1. The van der Waals surface area contributed by atoms with Gasteiger partial charge in [-0.2, -0.15) is 0 Å². The zero-order valence-electron chi connectivity index (χ0n) is 14.5. The summed E-state index contributed by atoms with van der Waals surface area (Å²) in [4.78, 5) is 20.3. The first-order valence-electron chi connectivity index (χ1n) is 8.44. The average molecular weight is 1060 g/mol. The van der Waals surface area contributed by atoms with Gasteiger partial charge in [0.2, 0.25) is 5.78 Å². The van der Waals surface area contributed by atoms with E-state index in [0.29, 0.717) is 30.1 Å². The molecule has 2 aliphatic rings. The molecule has 1 atom stereocenters. The number of carbonyl (C=O) groups excluding carboxylic acids is 1. The van der Waals surface area contributed by atoms with Crippen molar-refractivity contribution >= 4 is 159 Å². The minimum atomic E-state index is -1.57. The van der Waals surface area contributed by atoms with Crippen molar-refractivity contribution in [2.24, 2.45) is 4.99 Å². The highest BCUT2D eigenvalue weighted by Gasteiger charge is 2.53. The molecule has 2 aliphatic heterocycles. The lowest BCUT2D eigenvalue weighted by atomic mass is 9.86. The van der Waals surface area contributed by atoms with Crippen molar-refractivity contribution in [1.82, 2.24) is 0 Å². The lowest BCUT2D eigenvalue weighted by molar-refractivity contribution is 0.0602. The van der Waals surface area contributed by atoms with Gasteiger partial charge in [0, 0.05) is 24.2 Å². The van der Waals surface area contributed by atoms with Gasteiger partial charge in [-0.3, -0.25) is 4.79 Å². The van der Waals surface area contributed by atoms with Crippen molar-refractivity contribution in [3.05, 3.63) is 59.2 Å². The van der Waals surface area contributed by atoms with Crippen LogP contribution >= 0.6 is 136 Å². The summed E-state index contributed by atoms with van der Waals surface area (Å²) in [7, 11) is 0. The molecular formula is C19H12I6N2O2. The summed E-state index contributed by atoms with van der Waals surface area (Å²) in [6, 6.07) is 13.8. The van der Waals surface area contributed by atoms with Crippen LogP contribution in [0, 0.1) is 0 Å². The van der Waals surface area contributed by atoms with E-state index in [1.807, 2.05) is 47.4 Å². The summed E-state index contributed by atoms with van der Waals surface area (Å²) in [6.07, 6.45) is 0.342. The Morgan fingerprint density at radius 3 is 2.14 bits per heavy atom. The molecule has 4 nitrogen and oxygen atoms in total. The summed E-state index contributed by atoms with van der Waals surface area (Å²) < 4.78 is -0.404. The Labute approximate surface area is 250 Å².